The highest BCUT2D eigenvalue weighted by molar-refractivity contribution is 7.47. The fraction of sp³-hybridized carbons (Fsp3) is 0.667. The molecule has 0 bridgehead atoms. The van der Waals surface area contributed by atoms with Gasteiger partial charge < -0.3 is 24.0 Å². The molecule has 0 rings (SSSR count). The normalized spacial score (nSPS) is 14.9. The number of carbonyl (C=O) groups excluding carboxylic acids is 2. The molecular weight excluding hydrogens is 766 g/mol. The van der Waals surface area contributed by atoms with Crippen molar-refractivity contribution in [2.45, 2.75) is 161 Å². The topological polar surface area (TPSA) is 129 Å². The summed E-state index contributed by atoms with van der Waals surface area (Å²) in [4.78, 5) is 35.4. The quantitative estimate of drug-likeness (QED) is 0.0204. The molecule has 0 saturated carbocycles. The van der Waals surface area contributed by atoms with Gasteiger partial charge in [0.2, 0.25) is 0 Å². The SMILES string of the molecule is CCCCC/C=C\C/C=C\C/C=C\CCCCCCC(=O)O[C@H](COC(=O)CCC/C=C\C/C=C\C/C=C\C/C=C\[C@@H](O)CCCC)COP(=O)(O)OCC[N+](C)(C)C. The van der Waals surface area contributed by atoms with E-state index in [-0.39, 0.29) is 32.2 Å². The number of phosphoric acid groups is 1. The van der Waals surface area contributed by atoms with E-state index in [4.69, 9.17) is 18.5 Å². The van der Waals surface area contributed by atoms with E-state index in [1.54, 1.807) is 0 Å². The number of allylic oxidation sites excluding steroid dienone is 13. The summed E-state index contributed by atoms with van der Waals surface area (Å²) in [5.41, 5.74) is 0. The van der Waals surface area contributed by atoms with Crippen LogP contribution >= 0.6 is 7.82 Å². The number of carbonyl (C=O) groups is 2. The number of phosphoric ester groups is 1. The van der Waals surface area contributed by atoms with Crippen LogP contribution in [0.15, 0.2) is 85.1 Å². The summed E-state index contributed by atoms with van der Waals surface area (Å²) < 4.78 is 34.2. The standard InChI is InChI=1S/C48H82NO9P/c1-6-8-10-11-12-13-14-15-16-17-18-19-24-27-30-33-36-40-48(52)58-46(44-57-59(53,54)56-42-41-49(3,4)5)43-55-47(51)39-35-32-29-26-23-21-20-22-25-28-31-34-38-45(50)37-9-7-2/h12-13,15-16,18-21,25-26,28-29,34,38,45-46,50H,6-11,14,17,22-24,27,30-33,35-37,39-44H2,1-5H3/p+1/b13-12-,16-15-,19-18-,21-20-,28-25-,29-26-,38-34-/t45-,46+/m0/s1. The van der Waals surface area contributed by atoms with Gasteiger partial charge in [0.25, 0.3) is 0 Å². The van der Waals surface area contributed by atoms with Crippen LogP contribution in [0.25, 0.3) is 0 Å². The lowest BCUT2D eigenvalue weighted by Gasteiger charge is -2.24. The number of likely N-dealkylation sites (N-methyl/N-ethyl adjacent to an activating group) is 1. The number of hydrogen-bond acceptors (Lipinski definition) is 8. The molecule has 1 unspecified atom stereocenters. The zero-order valence-corrected chi connectivity index (χ0v) is 38.5. The van der Waals surface area contributed by atoms with Gasteiger partial charge in [-0.25, -0.2) is 4.57 Å². The van der Waals surface area contributed by atoms with Crippen LogP contribution in [0, 0.1) is 0 Å². The monoisotopic (exact) mass is 849 g/mol. The molecule has 11 heteroatoms. The molecule has 0 aliphatic heterocycles. The van der Waals surface area contributed by atoms with Crippen molar-refractivity contribution in [3.8, 4) is 0 Å². The molecule has 3 atom stereocenters. The molecule has 0 aliphatic carbocycles. The van der Waals surface area contributed by atoms with Crippen molar-refractivity contribution in [2.75, 3.05) is 47.5 Å². The number of quaternary nitrogens is 1. The molecule has 0 aromatic carbocycles. The Labute approximate surface area is 359 Å². The zero-order valence-electron chi connectivity index (χ0n) is 37.6. The van der Waals surface area contributed by atoms with Gasteiger partial charge in [0.05, 0.1) is 33.9 Å². The summed E-state index contributed by atoms with van der Waals surface area (Å²) in [6.45, 7) is 4.11. The Bertz CT molecular complexity index is 1300. The summed E-state index contributed by atoms with van der Waals surface area (Å²) >= 11 is 0. The average Bonchev–Trinajstić information content (AvgIpc) is 3.18. The first kappa shape index (κ1) is 56.1. The molecule has 10 nitrogen and oxygen atoms in total. The van der Waals surface area contributed by atoms with Crippen LogP contribution in [0.4, 0.5) is 0 Å². The molecule has 0 fully saturated rings. The van der Waals surface area contributed by atoms with Crippen LogP contribution in [-0.4, -0.2) is 86.1 Å². The van der Waals surface area contributed by atoms with E-state index >= 15 is 0 Å². The van der Waals surface area contributed by atoms with Gasteiger partial charge in [-0.2, -0.15) is 0 Å². The van der Waals surface area contributed by atoms with Crippen LogP contribution in [0.2, 0.25) is 0 Å². The van der Waals surface area contributed by atoms with Gasteiger partial charge in [-0.05, 0) is 83.5 Å². The van der Waals surface area contributed by atoms with E-state index in [0.29, 0.717) is 30.3 Å². The predicted octanol–water partition coefficient (Wildman–Crippen LogP) is 11.8. The lowest BCUT2D eigenvalue weighted by Crippen LogP contribution is -2.37. The molecule has 338 valence electrons. The van der Waals surface area contributed by atoms with Crippen molar-refractivity contribution in [1.82, 2.24) is 0 Å². The summed E-state index contributed by atoms with van der Waals surface area (Å²) in [7, 11) is 1.39. The molecule has 0 aromatic rings. The second-order valence-corrected chi connectivity index (χ2v) is 17.3. The second-order valence-electron chi connectivity index (χ2n) is 15.9. The number of rotatable bonds is 39. The van der Waals surface area contributed by atoms with E-state index in [1.807, 2.05) is 39.4 Å². The molecule has 59 heavy (non-hydrogen) atoms. The number of esters is 2. The van der Waals surface area contributed by atoms with Gasteiger partial charge in [0.1, 0.15) is 19.8 Å². The molecule has 0 amide bonds. The third-order valence-electron chi connectivity index (χ3n) is 8.97. The third-order valence-corrected chi connectivity index (χ3v) is 9.95. The number of unbranched alkanes of at least 4 members (excludes halogenated alkanes) is 9. The molecule has 0 aliphatic rings. The maximum atomic E-state index is 12.7. The number of nitrogens with zero attached hydrogens (tertiary/aromatic N) is 1. The fourth-order valence-electron chi connectivity index (χ4n) is 5.38. The highest BCUT2D eigenvalue weighted by Gasteiger charge is 2.27. The van der Waals surface area contributed by atoms with E-state index < -0.39 is 32.5 Å². The Morgan fingerprint density at radius 3 is 1.64 bits per heavy atom. The van der Waals surface area contributed by atoms with Crippen LogP contribution in [0.5, 0.6) is 0 Å². The van der Waals surface area contributed by atoms with Gasteiger partial charge >= 0.3 is 19.8 Å². The molecule has 0 heterocycles. The smallest absolute Gasteiger partial charge is 0.462 e. The van der Waals surface area contributed by atoms with Crippen LogP contribution < -0.4 is 0 Å². The Kier molecular flexibility index (Phi) is 37.4. The summed E-state index contributed by atoms with van der Waals surface area (Å²) in [6, 6.07) is 0. The van der Waals surface area contributed by atoms with Crippen LogP contribution in [0.1, 0.15) is 149 Å². The molecule has 0 aromatic heterocycles. The van der Waals surface area contributed by atoms with Gasteiger partial charge in [-0.3, -0.25) is 18.6 Å². The summed E-state index contributed by atoms with van der Waals surface area (Å²) in [6.07, 6.45) is 46.8. The Morgan fingerprint density at radius 1 is 0.593 bits per heavy atom. The highest BCUT2D eigenvalue weighted by atomic mass is 31.2. The zero-order chi connectivity index (χ0) is 43.7. The maximum Gasteiger partial charge on any atom is 0.472 e. The van der Waals surface area contributed by atoms with E-state index in [9.17, 15) is 24.2 Å². The summed E-state index contributed by atoms with van der Waals surface area (Å²) in [5, 5.41) is 9.82. The van der Waals surface area contributed by atoms with Crippen molar-refractivity contribution in [1.29, 1.82) is 0 Å². The molecule has 0 saturated heterocycles. The molecule has 0 spiro atoms. The lowest BCUT2D eigenvalue weighted by molar-refractivity contribution is -0.870. The highest BCUT2D eigenvalue weighted by Crippen LogP contribution is 2.43. The molecule has 0 radical (unpaired) electrons. The van der Waals surface area contributed by atoms with Crippen molar-refractivity contribution in [3.63, 3.8) is 0 Å². The number of aliphatic hydroxyl groups is 1. The number of aliphatic hydroxyl groups excluding tert-OH is 1. The van der Waals surface area contributed by atoms with Gasteiger partial charge in [-0.15, -0.1) is 0 Å². The predicted molar refractivity (Wildman–Crippen MR) is 244 cm³/mol. The van der Waals surface area contributed by atoms with Crippen molar-refractivity contribution in [2.24, 2.45) is 0 Å². The van der Waals surface area contributed by atoms with Gasteiger partial charge in [0.15, 0.2) is 6.10 Å². The van der Waals surface area contributed by atoms with Crippen LogP contribution in [0.3, 0.4) is 0 Å². The van der Waals surface area contributed by atoms with Crippen molar-refractivity contribution in [3.05, 3.63) is 85.1 Å². The van der Waals surface area contributed by atoms with E-state index in [2.05, 4.69) is 80.7 Å². The fourth-order valence-corrected chi connectivity index (χ4v) is 6.12. The van der Waals surface area contributed by atoms with Crippen LogP contribution in [-0.2, 0) is 32.7 Å². The third kappa shape index (κ3) is 43.1. The van der Waals surface area contributed by atoms with Gasteiger partial charge in [0, 0.05) is 12.8 Å². The molecule has 2 N–H and O–H groups in total. The summed E-state index contributed by atoms with van der Waals surface area (Å²) in [5.74, 6) is -0.921. The van der Waals surface area contributed by atoms with E-state index in [0.717, 1.165) is 77.0 Å². The van der Waals surface area contributed by atoms with E-state index in [1.165, 1.54) is 25.7 Å². The number of ether oxygens (including phenoxy) is 2. The Balaban J connectivity index is 4.54. The second kappa shape index (κ2) is 39.3. The average molecular weight is 849 g/mol. The number of hydrogen-bond donors (Lipinski definition) is 2. The lowest BCUT2D eigenvalue weighted by atomic mass is 10.1. The van der Waals surface area contributed by atoms with Gasteiger partial charge in [-0.1, -0.05) is 137 Å². The van der Waals surface area contributed by atoms with Crippen molar-refractivity contribution >= 4 is 19.8 Å². The maximum absolute atomic E-state index is 12.7. The minimum atomic E-state index is -4.41. The first-order valence-electron chi connectivity index (χ1n) is 22.4. The van der Waals surface area contributed by atoms with Crippen molar-refractivity contribution < 1.29 is 47.2 Å². The minimum Gasteiger partial charge on any atom is -0.462 e. The first-order valence-corrected chi connectivity index (χ1v) is 23.9. The minimum absolute atomic E-state index is 0.00710. The first-order chi connectivity index (χ1) is 28.4. The Hall–Kier alpha value is -2.85. The Morgan fingerprint density at radius 2 is 1.08 bits per heavy atom. The molecular formula is C48H83NO9P+. The largest absolute Gasteiger partial charge is 0.472 e.